The minimum atomic E-state index is -0.763. The normalized spacial score (nSPS) is 10.9. The third-order valence-electron chi connectivity index (χ3n) is 2.10. The summed E-state index contributed by atoms with van der Waals surface area (Å²) in [5.74, 6) is 0.501. The topological polar surface area (TPSA) is 79.3 Å². The summed E-state index contributed by atoms with van der Waals surface area (Å²) in [6, 6.07) is 6.93. The quantitative estimate of drug-likeness (QED) is 0.756. The minimum absolute atomic E-state index is 0.363. The van der Waals surface area contributed by atoms with E-state index >= 15 is 0 Å². The third kappa shape index (κ3) is 3.79. The summed E-state index contributed by atoms with van der Waals surface area (Å²) in [6.07, 6.45) is 0.502. The first-order valence-electron chi connectivity index (χ1n) is 5.07. The summed E-state index contributed by atoms with van der Waals surface area (Å²) < 4.78 is 5.42. The van der Waals surface area contributed by atoms with Crippen LogP contribution in [-0.2, 0) is 0 Å². The Hall–Kier alpha value is -1.73. The van der Waals surface area contributed by atoms with Crippen LogP contribution in [0.3, 0.4) is 0 Å². The van der Waals surface area contributed by atoms with E-state index in [9.17, 15) is 5.11 Å². The number of hydrogen-bond acceptors (Lipinski definition) is 4. The Bertz CT molecular complexity index is 402. The summed E-state index contributed by atoms with van der Waals surface area (Å²) >= 11 is 0. The highest BCUT2D eigenvalue weighted by Crippen LogP contribution is 2.21. The standard InChI is InChI=1S/C12H16N2O2/c1-12(2,15)5-6-16-11-4-3-10(14)7-9(11)8-13/h3-4,7,15H,5-6,14H2,1-2H3. The molecule has 0 spiro atoms. The van der Waals surface area contributed by atoms with Gasteiger partial charge in [0.15, 0.2) is 0 Å². The van der Waals surface area contributed by atoms with E-state index < -0.39 is 5.60 Å². The van der Waals surface area contributed by atoms with Gasteiger partial charge in [-0.2, -0.15) is 5.26 Å². The smallest absolute Gasteiger partial charge is 0.137 e. The maximum atomic E-state index is 9.50. The van der Waals surface area contributed by atoms with Crippen molar-refractivity contribution in [1.82, 2.24) is 0 Å². The monoisotopic (exact) mass is 220 g/mol. The molecule has 16 heavy (non-hydrogen) atoms. The summed E-state index contributed by atoms with van der Waals surface area (Å²) in [4.78, 5) is 0. The van der Waals surface area contributed by atoms with Crippen molar-refractivity contribution >= 4 is 5.69 Å². The van der Waals surface area contributed by atoms with Crippen LogP contribution in [0.25, 0.3) is 0 Å². The molecule has 1 rings (SSSR count). The zero-order valence-electron chi connectivity index (χ0n) is 9.53. The van der Waals surface area contributed by atoms with Crippen LogP contribution in [0, 0.1) is 11.3 Å². The molecule has 0 aliphatic rings. The second-order valence-electron chi connectivity index (χ2n) is 4.28. The number of anilines is 1. The first-order chi connectivity index (χ1) is 7.42. The van der Waals surface area contributed by atoms with Gasteiger partial charge in [-0.05, 0) is 32.0 Å². The predicted molar refractivity (Wildman–Crippen MR) is 62.0 cm³/mol. The number of nitrogen functional groups attached to an aromatic ring is 1. The number of aliphatic hydroxyl groups is 1. The number of nitrogens with zero attached hydrogens (tertiary/aromatic N) is 1. The molecule has 0 aromatic heterocycles. The number of benzene rings is 1. The molecule has 0 aliphatic heterocycles. The lowest BCUT2D eigenvalue weighted by Crippen LogP contribution is -2.21. The van der Waals surface area contributed by atoms with Crippen molar-refractivity contribution in [2.24, 2.45) is 0 Å². The summed E-state index contributed by atoms with van der Waals surface area (Å²) in [7, 11) is 0. The van der Waals surface area contributed by atoms with Crippen LogP contribution in [0.15, 0.2) is 18.2 Å². The number of hydrogen-bond donors (Lipinski definition) is 2. The molecule has 3 N–H and O–H groups in total. The molecule has 0 saturated heterocycles. The molecule has 0 bridgehead atoms. The van der Waals surface area contributed by atoms with E-state index in [1.165, 1.54) is 0 Å². The van der Waals surface area contributed by atoms with Gasteiger partial charge in [0, 0.05) is 12.1 Å². The maximum absolute atomic E-state index is 9.50. The highest BCUT2D eigenvalue weighted by molar-refractivity contribution is 5.53. The van der Waals surface area contributed by atoms with Crippen molar-refractivity contribution in [2.45, 2.75) is 25.9 Å². The Morgan fingerprint density at radius 2 is 2.19 bits per heavy atom. The Kier molecular flexibility index (Phi) is 3.75. The lowest BCUT2D eigenvalue weighted by Gasteiger charge is -2.17. The van der Waals surface area contributed by atoms with Gasteiger partial charge in [-0.25, -0.2) is 0 Å². The molecule has 0 aliphatic carbocycles. The fourth-order valence-corrected chi connectivity index (χ4v) is 1.17. The van der Waals surface area contributed by atoms with Gasteiger partial charge in [-0.15, -0.1) is 0 Å². The van der Waals surface area contributed by atoms with Crippen LogP contribution in [0.4, 0.5) is 5.69 Å². The van der Waals surface area contributed by atoms with E-state index in [2.05, 4.69) is 0 Å². The maximum Gasteiger partial charge on any atom is 0.137 e. The van der Waals surface area contributed by atoms with Crippen LogP contribution in [0.1, 0.15) is 25.8 Å². The average molecular weight is 220 g/mol. The van der Waals surface area contributed by atoms with Gasteiger partial charge in [-0.1, -0.05) is 0 Å². The van der Waals surface area contributed by atoms with E-state index in [1.807, 2.05) is 6.07 Å². The predicted octanol–water partition coefficient (Wildman–Crippen LogP) is 1.68. The van der Waals surface area contributed by atoms with Crippen molar-refractivity contribution < 1.29 is 9.84 Å². The molecule has 0 radical (unpaired) electrons. The largest absolute Gasteiger partial charge is 0.492 e. The van der Waals surface area contributed by atoms with E-state index in [4.69, 9.17) is 15.7 Å². The van der Waals surface area contributed by atoms with E-state index in [0.29, 0.717) is 30.0 Å². The Labute approximate surface area is 95.3 Å². The van der Waals surface area contributed by atoms with Gasteiger partial charge in [-0.3, -0.25) is 0 Å². The van der Waals surface area contributed by atoms with Crippen LogP contribution >= 0.6 is 0 Å². The van der Waals surface area contributed by atoms with Gasteiger partial charge < -0.3 is 15.6 Å². The fourth-order valence-electron chi connectivity index (χ4n) is 1.17. The Balaban J connectivity index is 2.65. The second-order valence-corrected chi connectivity index (χ2v) is 4.28. The van der Waals surface area contributed by atoms with E-state index in [0.717, 1.165) is 0 Å². The van der Waals surface area contributed by atoms with Crippen LogP contribution in [-0.4, -0.2) is 17.3 Å². The lowest BCUT2D eigenvalue weighted by molar-refractivity contribution is 0.0553. The van der Waals surface area contributed by atoms with Crippen molar-refractivity contribution in [1.29, 1.82) is 5.26 Å². The number of nitriles is 1. The van der Waals surface area contributed by atoms with Gasteiger partial charge in [0.05, 0.1) is 17.8 Å². The number of nitrogens with two attached hydrogens (primary N) is 1. The molecule has 1 aromatic rings. The minimum Gasteiger partial charge on any atom is -0.492 e. The van der Waals surface area contributed by atoms with Crippen molar-refractivity contribution in [3.8, 4) is 11.8 Å². The van der Waals surface area contributed by atoms with Crippen LogP contribution in [0.2, 0.25) is 0 Å². The van der Waals surface area contributed by atoms with Gasteiger partial charge in [0.1, 0.15) is 11.8 Å². The number of rotatable bonds is 4. The van der Waals surface area contributed by atoms with Gasteiger partial charge in [0.25, 0.3) is 0 Å². The molecule has 4 heteroatoms. The summed E-state index contributed by atoms with van der Waals surface area (Å²) in [5.41, 5.74) is 5.74. The van der Waals surface area contributed by atoms with E-state index in [-0.39, 0.29) is 0 Å². The summed E-state index contributed by atoms with van der Waals surface area (Å²) in [6.45, 7) is 3.79. The highest BCUT2D eigenvalue weighted by atomic mass is 16.5. The van der Waals surface area contributed by atoms with Crippen molar-refractivity contribution in [3.05, 3.63) is 23.8 Å². The molecule has 0 fully saturated rings. The first kappa shape index (κ1) is 12.3. The molecular weight excluding hydrogens is 204 g/mol. The lowest BCUT2D eigenvalue weighted by atomic mass is 10.1. The first-order valence-corrected chi connectivity index (χ1v) is 5.07. The van der Waals surface area contributed by atoms with E-state index in [1.54, 1.807) is 32.0 Å². The molecule has 4 nitrogen and oxygen atoms in total. The molecule has 0 unspecified atom stereocenters. The average Bonchev–Trinajstić information content (AvgIpc) is 2.18. The Morgan fingerprint density at radius 3 is 2.75 bits per heavy atom. The Morgan fingerprint density at radius 1 is 1.50 bits per heavy atom. The highest BCUT2D eigenvalue weighted by Gasteiger charge is 2.12. The third-order valence-corrected chi connectivity index (χ3v) is 2.10. The molecule has 0 atom stereocenters. The zero-order chi connectivity index (χ0) is 12.2. The summed E-state index contributed by atoms with van der Waals surface area (Å²) in [5, 5.41) is 18.4. The molecule has 1 aromatic carbocycles. The molecule has 0 saturated carbocycles. The second kappa shape index (κ2) is 4.86. The SMILES string of the molecule is CC(C)(O)CCOc1ccc(N)cc1C#N. The van der Waals surface area contributed by atoms with Gasteiger partial charge in [0.2, 0.25) is 0 Å². The zero-order valence-corrected chi connectivity index (χ0v) is 9.53. The van der Waals surface area contributed by atoms with Crippen molar-refractivity contribution in [2.75, 3.05) is 12.3 Å². The molecular formula is C12H16N2O2. The van der Waals surface area contributed by atoms with Crippen LogP contribution < -0.4 is 10.5 Å². The molecule has 0 heterocycles. The van der Waals surface area contributed by atoms with Crippen molar-refractivity contribution in [3.63, 3.8) is 0 Å². The van der Waals surface area contributed by atoms with Crippen LogP contribution in [0.5, 0.6) is 5.75 Å². The number of ether oxygens (including phenoxy) is 1. The fraction of sp³-hybridized carbons (Fsp3) is 0.417. The molecule has 0 amide bonds. The molecule has 86 valence electrons. The van der Waals surface area contributed by atoms with Gasteiger partial charge >= 0.3 is 0 Å².